The molecule has 1 aliphatic carbocycles. The Kier molecular flexibility index (Phi) is 3.42. The molecule has 1 N–H and O–H groups in total. The average Bonchev–Trinajstić information content (AvgIpc) is 2.23. The van der Waals surface area contributed by atoms with Crippen molar-refractivity contribution in [2.24, 2.45) is 5.92 Å². The van der Waals surface area contributed by atoms with E-state index in [1.54, 1.807) is 0 Å². The minimum absolute atomic E-state index is 0.0178. The molecule has 4 atom stereocenters. The van der Waals surface area contributed by atoms with E-state index in [1.165, 1.54) is 0 Å². The first-order valence-corrected chi connectivity index (χ1v) is 6.30. The van der Waals surface area contributed by atoms with Gasteiger partial charge in [0.25, 0.3) is 0 Å². The highest BCUT2D eigenvalue weighted by atomic mass is 19.4. The predicted octanol–water partition coefficient (Wildman–Crippen LogP) is 2.87. The molecule has 2 nitrogen and oxygen atoms in total. The molecule has 2 fully saturated rings. The van der Waals surface area contributed by atoms with Gasteiger partial charge in [0, 0.05) is 12.6 Å². The molecule has 2 aliphatic rings. The van der Waals surface area contributed by atoms with Crippen LogP contribution in [-0.4, -0.2) is 30.5 Å². The molecule has 1 heterocycles. The van der Waals surface area contributed by atoms with Crippen LogP contribution in [0.2, 0.25) is 0 Å². The van der Waals surface area contributed by atoms with Crippen LogP contribution in [0.4, 0.5) is 13.2 Å². The molecule has 100 valence electrons. The van der Waals surface area contributed by atoms with Crippen LogP contribution in [0, 0.1) is 5.92 Å². The lowest BCUT2D eigenvalue weighted by Crippen LogP contribution is -2.59. The zero-order valence-corrected chi connectivity index (χ0v) is 10.3. The lowest BCUT2D eigenvalue weighted by atomic mass is 9.76. The van der Waals surface area contributed by atoms with Gasteiger partial charge >= 0.3 is 6.18 Å². The van der Waals surface area contributed by atoms with Crippen LogP contribution in [0.15, 0.2) is 0 Å². The van der Waals surface area contributed by atoms with Gasteiger partial charge in [-0.25, -0.2) is 0 Å². The van der Waals surface area contributed by atoms with Crippen molar-refractivity contribution in [3.8, 4) is 0 Å². The van der Waals surface area contributed by atoms with Crippen molar-refractivity contribution in [1.29, 1.82) is 0 Å². The van der Waals surface area contributed by atoms with Crippen LogP contribution in [0.5, 0.6) is 0 Å². The zero-order valence-electron chi connectivity index (χ0n) is 10.3. The summed E-state index contributed by atoms with van der Waals surface area (Å²) in [6, 6.07) is 0.215. The van der Waals surface area contributed by atoms with Gasteiger partial charge in [0.15, 0.2) is 0 Å². The molecule has 0 bridgehead atoms. The summed E-state index contributed by atoms with van der Waals surface area (Å²) in [6.07, 6.45) is -2.39. The van der Waals surface area contributed by atoms with Crippen molar-refractivity contribution in [1.82, 2.24) is 5.32 Å². The maximum absolute atomic E-state index is 12.8. The van der Waals surface area contributed by atoms with Crippen LogP contribution in [0.1, 0.15) is 39.5 Å². The van der Waals surface area contributed by atoms with Gasteiger partial charge in [-0.3, -0.25) is 0 Å². The molecule has 0 radical (unpaired) electrons. The lowest BCUT2D eigenvalue weighted by Gasteiger charge is -2.48. The van der Waals surface area contributed by atoms with Gasteiger partial charge in [-0.05, 0) is 39.5 Å². The van der Waals surface area contributed by atoms with E-state index in [1.807, 2.05) is 13.8 Å². The van der Waals surface area contributed by atoms with Gasteiger partial charge in [-0.15, -0.1) is 0 Å². The Bertz CT molecular complexity index is 281. The summed E-state index contributed by atoms with van der Waals surface area (Å²) >= 11 is 0. The highest BCUT2D eigenvalue weighted by Gasteiger charge is 2.50. The van der Waals surface area contributed by atoms with Gasteiger partial charge in [-0.1, -0.05) is 0 Å². The lowest BCUT2D eigenvalue weighted by molar-refractivity contribution is -0.220. The SMILES string of the molecule is CC1NCC2(CCCC(C(F)(F)F)C2)OC1C. The fourth-order valence-corrected chi connectivity index (χ4v) is 2.92. The third kappa shape index (κ3) is 2.76. The summed E-state index contributed by atoms with van der Waals surface area (Å²) in [5.41, 5.74) is -0.593. The van der Waals surface area contributed by atoms with Crippen LogP contribution >= 0.6 is 0 Å². The molecule has 0 aromatic heterocycles. The summed E-state index contributed by atoms with van der Waals surface area (Å²) in [4.78, 5) is 0. The van der Waals surface area contributed by atoms with Gasteiger partial charge in [0.2, 0.25) is 0 Å². The third-order valence-electron chi connectivity index (χ3n) is 4.15. The van der Waals surface area contributed by atoms with Gasteiger partial charge in [-0.2, -0.15) is 13.2 Å². The number of alkyl halides is 3. The van der Waals surface area contributed by atoms with Crippen LogP contribution in [0.25, 0.3) is 0 Å². The van der Waals surface area contributed by atoms with E-state index in [4.69, 9.17) is 4.74 Å². The summed E-state index contributed by atoms with van der Waals surface area (Å²) < 4.78 is 44.2. The summed E-state index contributed by atoms with van der Waals surface area (Å²) in [7, 11) is 0. The van der Waals surface area contributed by atoms with Gasteiger partial charge in [0.1, 0.15) is 0 Å². The molecular weight excluding hydrogens is 231 g/mol. The highest BCUT2D eigenvalue weighted by Crippen LogP contribution is 2.44. The highest BCUT2D eigenvalue weighted by molar-refractivity contribution is 4.96. The summed E-state index contributed by atoms with van der Waals surface area (Å²) in [5, 5.41) is 3.27. The predicted molar refractivity (Wildman–Crippen MR) is 58.8 cm³/mol. The zero-order chi connectivity index (χ0) is 12.7. The molecule has 2 rings (SSSR count). The van der Waals surface area contributed by atoms with Crippen molar-refractivity contribution in [2.45, 2.75) is 63.5 Å². The molecule has 1 saturated heterocycles. The van der Waals surface area contributed by atoms with Crippen molar-refractivity contribution in [3.05, 3.63) is 0 Å². The molecule has 0 aromatic rings. The number of hydrogen-bond donors (Lipinski definition) is 1. The van der Waals surface area contributed by atoms with E-state index in [-0.39, 0.29) is 25.0 Å². The second-order valence-electron chi connectivity index (χ2n) is 5.51. The van der Waals surface area contributed by atoms with Crippen molar-refractivity contribution >= 4 is 0 Å². The smallest absolute Gasteiger partial charge is 0.369 e. The maximum Gasteiger partial charge on any atom is 0.391 e. The largest absolute Gasteiger partial charge is 0.391 e. The monoisotopic (exact) mass is 251 g/mol. The minimum Gasteiger partial charge on any atom is -0.369 e. The number of morpholine rings is 1. The summed E-state index contributed by atoms with van der Waals surface area (Å²) in [5.74, 6) is -1.20. The Morgan fingerprint density at radius 1 is 1.29 bits per heavy atom. The van der Waals surface area contributed by atoms with E-state index < -0.39 is 17.7 Å². The first-order valence-electron chi connectivity index (χ1n) is 6.30. The number of halogens is 3. The van der Waals surface area contributed by atoms with Gasteiger partial charge < -0.3 is 10.1 Å². The fourth-order valence-electron chi connectivity index (χ4n) is 2.92. The van der Waals surface area contributed by atoms with Crippen LogP contribution in [-0.2, 0) is 4.74 Å². The Balaban J connectivity index is 2.06. The van der Waals surface area contributed by atoms with Crippen molar-refractivity contribution in [3.63, 3.8) is 0 Å². The van der Waals surface area contributed by atoms with Crippen LogP contribution in [0.3, 0.4) is 0 Å². The third-order valence-corrected chi connectivity index (χ3v) is 4.15. The molecule has 17 heavy (non-hydrogen) atoms. The molecule has 1 aliphatic heterocycles. The van der Waals surface area contributed by atoms with E-state index in [0.717, 1.165) is 6.42 Å². The summed E-state index contributed by atoms with van der Waals surface area (Å²) in [6.45, 7) is 4.47. The first-order chi connectivity index (χ1) is 7.82. The topological polar surface area (TPSA) is 21.3 Å². The molecule has 0 aromatic carbocycles. The molecule has 4 unspecified atom stereocenters. The molecule has 1 saturated carbocycles. The number of hydrogen-bond acceptors (Lipinski definition) is 2. The minimum atomic E-state index is -4.08. The normalized spacial score (nSPS) is 43.9. The first kappa shape index (κ1) is 13.1. The molecule has 1 spiro atoms. The van der Waals surface area contributed by atoms with Crippen molar-refractivity contribution in [2.75, 3.05) is 6.54 Å². The average molecular weight is 251 g/mol. The second-order valence-corrected chi connectivity index (χ2v) is 5.51. The Hall–Kier alpha value is -0.290. The Morgan fingerprint density at radius 3 is 2.59 bits per heavy atom. The quantitative estimate of drug-likeness (QED) is 0.714. The van der Waals surface area contributed by atoms with E-state index >= 15 is 0 Å². The van der Waals surface area contributed by atoms with E-state index in [0.29, 0.717) is 13.0 Å². The van der Waals surface area contributed by atoms with E-state index in [9.17, 15) is 13.2 Å². The number of rotatable bonds is 0. The number of ether oxygens (including phenoxy) is 1. The standard InChI is InChI=1S/C12H20F3NO/c1-8-9(2)17-11(7-16-8)5-3-4-10(6-11)12(13,14)15/h8-10,16H,3-7H2,1-2H3. The molecular formula is C12H20F3NO. The Labute approximate surface area is 99.9 Å². The van der Waals surface area contributed by atoms with Crippen molar-refractivity contribution < 1.29 is 17.9 Å². The molecule has 5 heteroatoms. The maximum atomic E-state index is 12.8. The number of nitrogens with one attached hydrogen (secondary N) is 1. The second kappa shape index (κ2) is 4.43. The Morgan fingerprint density at radius 2 is 2.00 bits per heavy atom. The van der Waals surface area contributed by atoms with Crippen LogP contribution < -0.4 is 5.32 Å². The fraction of sp³-hybridized carbons (Fsp3) is 1.00. The van der Waals surface area contributed by atoms with Gasteiger partial charge in [0.05, 0.1) is 17.6 Å². The molecule has 0 amide bonds. The van der Waals surface area contributed by atoms with E-state index in [2.05, 4.69) is 5.32 Å².